The van der Waals surface area contributed by atoms with Crippen LogP contribution in [0.1, 0.15) is 6.92 Å². The van der Waals surface area contributed by atoms with E-state index < -0.39 is 0 Å². The predicted molar refractivity (Wildman–Crippen MR) is 25.6 cm³/mol. The highest BCUT2D eigenvalue weighted by molar-refractivity contribution is 5.91. The van der Waals surface area contributed by atoms with Crippen LogP contribution in [0.25, 0.3) is 0 Å². The molecule has 0 rings (SSSR count). The summed E-state index contributed by atoms with van der Waals surface area (Å²) in [6, 6.07) is 0. The van der Waals surface area contributed by atoms with Crippen LogP contribution in [-0.4, -0.2) is 10.9 Å². The van der Waals surface area contributed by atoms with Crippen molar-refractivity contribution in [1.29, 1.82) is 0 Å². The fourth-order valence-corrected chi connectivity index (χ4v) is 0.0909. The Labute approximate surface area is 41.4 Å². The summed E-state index contributed by atoms with van der Waals surface area (Å²) in [5.74, 6) is -0.317. The van der Waals surface area contributed by atoms with Crippen molar-refractivity contribution in [2.75, 3.05) is 0 Å². The lowest BCUT2D eigenvalue weighted by Crippen LogP contribution is -2.06. The Bertz CT molecular complexity index is 106. The molecule has 0 aromatic carbocycles. The van der Waals surface area contributed by atoms with Gasteiger partial charge in [0.2, 0.25) is 0 Å². The zero-order valence-corrected chi connectivity index (χ0v) is 4.01. The summed E-state index contributed by atoms with van der Waals surface area (Å²) in [4.78, 5) is 10.0. The summed E-state index contributed by atoms with van der Waals surface area (Å²) >= 11 is 0. The van der Waals surface area contributed by atoms with E-state index in [4.69, 9.17) is 10.8 Å². The molecule has 0 amide bonds. The molecule has 0 unspecified atom stereocenters. The van der Waals surface area contributed by atoms with Crippen LogP contribution in [0.3, 0.4) is 0 Å². The average Bonchev–Trinajstić information content (AvgIpc) is 1.65. The second-order valence-corrected chi connectivity index (χ2v) is 1.14. The molecule has 0 heterocycles. The molecule has 40 valence electrons. The van der Waals surface area contributed by atoms with Crippen molar-refractivity contribution in [3.8, 4) is 0 Å². The van der Waals surface area contributed by atoms with E-state index in [-0.39, 0.29) is 11.5 Å². The van der Waals surface area contributed by atoms with Gasteiger partial charge in [-0.1, -0.05) is 0 Å². The van der Waals surface area contributed by atoms with Crippen LogP contribution in [-0.2, 0) is 4.79 Å². The van der Waals surface area contributed by atoms with Gasteiger partial charge in [0, 0.05) is 6.92 Å². The van der Waals surface area contributed by atoms with Gasteiger partial charge in [0.1, 0.15) is 12.0 Å². The minimum atomic E-state index is -0.317. The maximum absolute atomic E-state index is 10.0. The Morgan fingerprint density at radius 2 is 2.29 bits per heavy atom. The molecular weight excluding hydrogens is 94.0 g/mol. The Morgan fingerprint density at radius 3 is 2.29 bits per heavy atom. The maximum Gasteiger partial charge on any atom is 0.178 e. The minimum absolute atomic E-state index is 0.111. The SMILES string of the molecule is CC(=O)/C(N)=C/O. The molecule has 0 aliphatic carbocycles. The van der Waals surface area contributed by atoms with Gasteiger partial charge < -0.3 is 10.8 Å². The highest BCUT2D eigenvalue weighted by Gasteiger charge is 1.92. The second kappa shape index (κ2) is 2.23. The van der Waals surface area contributed by atoms with Crippen molar-refractivity contribution in [1.82, 2.24) is 0 Å². The third kappa shape index (κ3) is 1.81. The molecule has 0 aromatic heterocycles. The van der Waals surface area contributed by atoms with E-state index in [1.54, 1.807) is 0 Å². The number of carbonyl (C=O) groups excluding carboxylic acids is 1. The second-order valence-electron chi connectivity index (χ2n) is 1.14. The van der Waals surface area contributed by atoms with Crippen molar-refractivity contribution >= 4 is 5.78 Å². The number of carbonyl (C=O) groups is 1. The average molecular weight is 101 g/mol. The van der Waals surface area contributed by atoms with E-state index in [1.165, 1.54) is 6.92 Å². The van der Waals surface area contributed by atoms with Crippen LogP contribution in [0.5, 0.6) is 0 Å². The Morgan fingerprint density at radius 1 is 1.86 bits per heavy atom. The minimum Gasteiger partial charge on any atom is -0.513 e. The van der Waals surface area contributed by atoms with E-state index in [2.05, 4.69) is 0 Å². The Balaban J connectivity index is 3.82. The molecule has 0 aliphatic rings. The number of aliphatic hydroxyl groups excluding tert-OH is 1. The monoisotopic (exact) mass is 101 g/mol. The molecule has 0 spiro atoms. The van der Waals surface area contributed by atoms with E-state index in [0.29, 0.717) is 6.26 Å². The number of hydrogen-bond acceptors (Lipinski definition) is 3. The number of nitrogens with two attached hydrogens (primary N) is 1. The Kier molecular flexibility index (Phi) is 1.91. The number of rotatable bonds is 1. The van der Waals surface area contributed by atoms with Crippen LogP contribution in [0.4, 0.5) is 0 Å². The number of aliphatic hydroxyl groups is 1. The third-order valence-corrected chi connectivity index (χ3v) is 0.546. The molecule has 3 nitrogen and oxygen atoms in total. The molecule has 0 bridgehead atoms. The zero-order chi connectivity index (χ0) is 5.86. The molecule has 3 heteroatoms. The zero-order valence-electron chi connectivity index (χ0n) is 4.01. The topological polar surface area (TPSA) is 63.3 Å². The summed E-state index contributed by atoms with van der Waals surface area (Å²) in [6.07, 6.45) is 0.586. The first-order valence-electron chi connectivity index (χ1n) is 1.79. The number of hydrogen-bond donors (Lipinski definition) is 2. The summed E-state index contributed by atoms with van der Waals surface area (Å²) < 4.78 is 0. The van der Waals surface area contributed by atoms with Gasteiger partial charge in [-0.2, -0.15) is 0 Å². The number of allylic oxidation sites excluding steroid dienone is 1. The number of ketones is 1. The Hall–Kier alpha value is -0.990. The molecule has 7 heavy (non-hydrogen) atoms. The molecule has 0 aliphatic heterocycles. The van der Waals surface area contributed by atoms with Gasteiger partial charge in [0.05, 0.1) is 0 Å². The first-order chi connectivity index (χ1) is 3.18. The predicted octanol–water partition coefficient (Wildman–Crippen LogP) is -0.0665. The molecule has 3 N–H and O–H groups in total. The first-order valence-corrected chi connectivity index (χ1v) is 1.79. The molecule has 0 saturated heterocycles. The highest BCUT2D eigenvalue weighted by Crippen LogP contribution is 1.79. The molecule has 0 aromatic rings. The summed E-state index contributed by atoms with van der Waals surface area (Å²) in [7, 11) is 0. The van der Waals surface area contributed by atoms with Crippen molar-refractivity contribution < 1.29 is 9.90 Å². The molecule has 0 atom stereocenters. The van der Waals surface area contributed by atoms with Gasteiger partial charge >= 0.3 is 0 Å². The van der Waals surface area contributed by atoms with Gasteiger partial charge in [-0.25, -0.2) is 0 Å². The van der Waals surface area contributed by atoms with E-state index in [9.17, 15) is 4.79 Å². The third-order valence-electron chi connectivity index (χ3n) is 0.546. The summed E-state index contributed by atoms with van der Waals surface area (Å²) in [6.45, 7) is 1.28. The lowest BCUT2D eigenvalue weighted by atomic mass is 10.4. The molecule has 0 saturated carbocycles. The van der Waals surface area contributed by atoms with Crippen LogP contribution in [0.2, 0.25) is 0 Å². The largest absolute Gasteiger partial charge is 0.513 e. The van der Waals surface area contributed by atoms with E-state index in [0.717, 1.165) is 0 Å². The quantitative estimate of drug-likeness (QED) is 0.359. The van der Waals surface area contributed by atoms with Crippen LogP contribution >= 0.6 is 0 Å². The number of Topliss-reactive ketones (excluding diaryl/α,β-unsaturated/α-hetero) is 1. The fraction of sp³-hybridized carbons (Fsp3) is 0.250. The lowest BCUT2D eigenvalue weighted by molar-refractivity contribution is -0.113. The van der Waals surface area contributed by atoms with Crippen molar-refractivity contribution in [2.45, 2.75) is 6.92 Å². The highest BCUT2D eigenvalue weighted by atomic mass is 16.2. The van der Waals surface area contributed by atoms with Crippen molar-refractivity contribution in [3.63, 3.8) is 0 Å². The smallest absolute Gasteiger partial charge is 0.178 e. The van der Waals surface area contributed by atoms with Gasteiger partial charge in [0.25, 0.3) is 0 Å². The van der Waals surface area contributed by atoms with Crippen molar-refractivity contribution in [3.05, 3.63) is 12.0 Å². The molecule has 0 fully saturated rings. The molecular formula is C4H7NO2. The lowest BCUT2D eigenvalue weighted by Gasteiger charge is -1.85. The maximum atomic E-state index is 10.0. The van der Waals surface area contributed by atoms with Gasteiger partial charge in [0.15, 0.2) is 5.78 Å². The van der Waals surface area contributed by atoms with Gasteiger partial charge in [-0.05, 0) is 0 Å². The van der Waals surface area contributed by atoms with E-state index >= 15 is 0 Å². The fourth-order valence-electron chi connectivity index (χ4n) is 0.0909. The van der Waals surface area contributed by atoms with Gasteiger partial charge in [-0.15, -0.1) is 0 Å². The normalized spacial score (nSPS) is 11.3. The molecule has 0 radical (unpaired) electrons. The van der Waals surface area contributed by atoms with Crippen LogP contribution in [0.15, 0.2) is 12.0 Å². The first kappa shape index (κ1) is 6.01. The van der Waals surface area contributed by atoms with Gasteiger partial charge in [-0.3, -0.25) is 4.79 Å². The summed E-state index contributed by atoms with van der Waals surface area (Å²) in [5.41, 5.74) is 4.77. The van der Waals surface area contributed by atoms with Crippen LogP contribution in [0, 0.1) is 0 Å². The standard InChI is InChI=1S/C4H7NO2/c1-3(7)4(5)2-6/h2,6H,5H2,1H3/b4-2-. The van der Waals surface area contributed by atoms with E-state index in [1.807, 2.05) is 0 Å². The van der Waals surface area contributed by atoms with Crippen LogP contribution < -0.4 is 5.73 Å². The summed E-state index contributed by atoms with van der Waals surface area (Å²) in [5, 5.41) is 8.00. The van der Waals surface area contributed by atoms with Crippen molar-refractivity contribution in [2.24, 2.45) is 5.73 Å².